The molecule has 1 aromatic heterocycles. The highest BCUT2D eigenvalue weighted by Crippen LogP contribution is 2.41. The zero-order valence-corrected chi connectivity index (χ0v) is 13.3. The van der Waals surface area contributed by atoms with Crippen LogP contribution in [0.2, 0.25) is 0 Å². The van der Waals surface area contributed by atoms with E-state index in [1.807, 2.05) is 0 Å². The molecule has 116 valence electrons. The standard InChI is InChI=1S/C14H6F3IN4O/c15-14(16,17)8-2-1-3-9(18)11(8)10-6(4-19)12(21)22-13(23)7(10)5-20/h1-3H,(H3,21,22,23). The van der Waals surface area contributed by atoms with Gasteiger partial charge in [-0.1, -0.05) is 6.07 Å². The van der Waals surface area contributed by atoms with Crippen LogP contribution in [-0.4, -0.2) is 4.98 Å². The zero-order valence-electron chi connectivity index (χ0n) is 11.1. The molecule has 2 rings (SSSR count). The van der Waals surface area contributed by atoms with Gasteiger partial charge in [0.1, 0.15) is 29.1 Å². The Morgan fingerprint density at radius 2 is 1.74 bits per heavy atom. The molecule has 0 unspecified atom stereocenters. The van der Waals surface area contributed by atoms with Gasteiger partial charge in [-0.15, -0.1) is 0 Å². The van der Waals surface area contributed by atoms with E-state index in [4.69, 9.17) is 11.0 Å². The van der Waals surface area contributed by atoms with Crippen molar-refractivity contribution in [3.05, 3.63) is 48.8 Å². The molecule has 0 bridgehead atoms. The van der Waals surface area contributed by atoms with Crippen LogP contribution in [0.25, 0.3) is 11.1 Å². The monoisotopic (exact) mass is 430 g/mol. The van der Waals surface area contributed by atoms with E-state index in [1.54, 1.807) is 34.7 Å². The Bertz CT molecular complexity index is 935. The summed E-state index contributed by atoms with van der Waals surface area (Å²) in [5.74, 6) is -0.390. The van der Waals surface area contributed by atoms with Gasteiger partial charge in [0.05, 0.1) is 5.56 Å². The average molecular weight is 430 g/mol. The Kier molecular flexibility index (Phi) is 4.34. The maximum absolute atomic E-state index is 13.3. The van der Waals surface area contributed by atoms with Crippen LogP contribution in [0.3, 0.4) is 0 Å². The first kappa shape index (κ1) is 16.8. The van der Waals surface area contributed by atoms with Crippen LogP contribution in [0.5, 0.6) is 0 Å². The van der Waals surface area contributed by atoms with E-state index in [2.05, 4.69) is 4.98 Å². The lowest BCUT2D eigenvalue weighted by molar-refractivity contribution is -0.137. The fourth-order valence-corrected chi connectivity index (χ4v) is 2.88. The van der Waals surface area contributed by atoms with Crippen molar-refractivity contribution in [1.29, 1.82) is 10.5 Å². The van der Waals surface area contributed by atoms with Crippen molar-refractivity contribution in [2.75, 3.05) is 5.73 Å². The van der Waals surface area contributed by atoms with E-state index >= 15 is 0 Å². The summed E-state index contributed by atoms with van der Waals surface area (Å²) >= 11 is 1.65. The van der Waals surface area contributed by atoms with Gasteiger partial charge < -0.3 is 10.7 Å². The van der Waals surface area contributed by atoms with Crippen molar-refractivity contribution in [1.82, 2.24) is 4.98 Å². The van der Waals surface area contributed by atoms with Gasteiger partial charge in [0.2, 0.25) is 0 Å². The topological polar surface area (TPSA) is 106 Å². The molecule has 0 radical (unpaired) electrons. The van der Waals surface area contributed by atoms with E-state index in [0.717, 1.165) is 6.07 Å². The number of alkyl halides is 3. The summed E-state index contributed by atoms with van der Waals surface area (Å²) in [6, 6.07) is 6.60. The van der Waals surface area contributed by atoms with Crippen LogP contribution < -0.4 is 11.3 Å². The molecule has 9 heteroatoms. The minimum atomic E-state index is -4.73. The van der Waals surface area contributed by atoms with E-state index < -0.39 is 34.0 Å². The zero-order chi connectivity index (χ0) is 17.4. The molecule has 0 saturated carbocycles. The fraction of sp³-hybridized carbons (Fsp3) is 0.0714. The van der Waals surface area contributed by atoms with Crippen molar-refractivity contribution in [2.24, 2.45) is 0 Å². The van der Waals surface area contributed by atoms with E-state index in [0.29, 0.717) is 0 Å². The number of halogens is 4. The Balaban J connectivity index is 3.10. The Labute approximate surface area is 141 Å². The largest absolute Gasteiger partial charge is 0.417 e. The third-order valence-corrected chi connectivity index (χ3v) is 3.94. The molecule has 0 saturated heterocycles. The number of nitrogens with two attached hydrogens (primary N) is 1. The summed E-state index contributed by atoms with van der Waals surface area (Å²) in [5.41, 5.74) is 1.74. The highest BCUT2D eigenvalue weighted by molar-refractivity contribution is 14.1. The van der Waals surface area contributed by atoms with Crippen LogP contribution >= 0.6 is 22.6 Å². The van der Waals surface area contributed by atoms with Crippen LogP contribution in [0.15, 0.2) is 23.0 Å². The quantitative estimate of drug-likeness (QED) is 0.679. The number of rotatable bonds is 1. The molecule has 2 aromatic rings. The number of benzene rings is 1. The van der Waals surface area contributed by atoms with Gasteiger partial charge >= 0.3 is 6.18 Å². The fourth-order valence-electron chi connectivity index (χ4n) is 2.11. The first-order valence-electron chi connectivity index (χ1n) is 5.94. The minimum absolute atomic E-state index is 0.135. The molecule has 0 aliphatic rings. The molecular formula is C14H6F3IN4O. The lowest BCUT2D eigenvalue weighted by Crippen LogP contribution is -2.18. The number of nitriles is 2. The van der Waals surface area contributed by atoms with E-state index in [9.17, 15) is 23.2 Å². The predicted octanol–water partition coefficient (Wildman–Crippen LogP) is 2.99. The first-order chi connectivity index (χ1) is 10.7. The van der Waals surface area contributed by atoms with Crippen LogP contribution in [0.1, 0.15) is 16.7 Å². The van der Waals surface area contributed by atoms with Crippen molar-refractivity contribution >= 4 is 28.4 Å². The molecular weight excluding hydrogens is 424 g/mol. The Morgan fingerprint density at radius 3 is 2.26 bits per heavy atom. The van der Waals surface area contributed by atoms with E-state index in [-0.39, 0.29) is 15.0 Å². The summed E-state index contributed by atoms with van der Waals surface area (Å²) in [6.45, 7) is 0. The Morgan fingerprint density at radius 1 is 1.13 bits per heavy atom. The molecule has 5 nitrogen and oxygen atoms in total. The Hall–Kier alpha value is -2.53. The second kappa shape index (κ2) is 5.93. The van der Waals surface area contributed by atoms with Gasteiger partial charge in [-0.2, -0.15) is 23.7 Å². The van der Waals surface area contributed by atoms with Gasteiger partial charge in [-0.05, 0) is 34.7 Å². The summed E-state index contributed by atoms with van der Waals surface area (Å²) in [4.78, 5) is 13.9. The minimum Gasteiger partial charge on any atom is -0.384 e. The highest BCUT2D eigenvalue weighted by Gasteiger charge is 2.36. The second-order valence-corrected chi connectivity index (χ2v) is 5.54. The van der Waals surface area contributed by atoms with Gasteiger partial charge in [0, 0.05) is 14.7 Å². The van der Waals surface area contributed by atoms with E-state index in [1.165, 1.54) is 12.1 Å². The maximum Gasteiger partial charge on any atom is 0.417 e. The number of H-pyrrole nitrogens is 1. The molecule has 3 N–H and O–H groups in total. The molecule has 0 aliphatic heterocycles. The number of hydrogen-bond acceptors (Lipinski definition) is 4. The number of aromatic nitrogens is 1. The molecule has 0 fully saturated rings. The molecule has 0 spiro atoms. The number of nitrogens with one attached hydrogen (secondary N) is 1. The number of aromatic amines is 1. The summed E-state index contributed by atoms with van der Waals surface area (Å²) in [7, 11) is 0. The van der Waals surface area contributed by atoms with Crippen molar-refractivity contribution < 1.29 is 13.2 Å². The highest BCUT2D eigenvalue weighted by atomic mass is 127. The molecule has 23 heavy (non-hydrogen) atoms. The van der Waals surface area contributed by atoms with Crippen LogP contribution in [-0.2, 0) is 6.18 Å². The summed E-state index contributed by atoms with van der Waals surface area (Å²) in [6.07, 6.45) is -4.73. The summed E-state index contributed by atoms with van der Waals surface area (Å²) in [5, 5.41) is 18.4. The number of nitrogen functional groups attached to an aromatic ring is 1. The van der Waals surface area contributed by atoms with Crippen LogP contribution in [0, 0.1) is 26.2 Å². The van der Waals surface area contributed by atoms with Crippen LogP contribution in [0.4, 0.5) is 19.0 Å². The van der Waals surface area contributed by atoms with Gasteiger partial charge in [-0.3, -0.25) is 4.79 Å². The summed E-state index contributed by atoms with van der Waals surface area (Å²) < 4.78 is 40.0. The molecule has 0 amide bonds. The maximum atomic E-state index is 13.3. The third kappa shape index (κ3) is 2.87. The second-order valence-electron chi connectivity index (χ2n) is 4.38. The third-order valence-electron chi connectivity index (χ3n) is 3.04. The predicted molar refractivity (Wildman–Crippen MR) is 84.1 cm³/mol. The molecule has 0 aliphatic carbocycles. The van der Waals surface area contributed by atoms with Crippen molar-refractivity contribution in [2.45, 2.75) is 6.18 Å². The number of pyridine rings is 1. The number of nitrogens with zero attached hydrogens (tertiary/aromatic N) is 2. The average Bonchev–Trinajstić information content (AvgIpc) is 2.45. The number of anilines is 1. The van der Waals surface area contributed by atoms with Gasteiger partial charge in [-0.25, -0.2) is 0 Å². The SMILES string of the molecule is N#Cc1c(N)[nH]c(=O)c(C#N)c1-c1c(I)cccc1C(F)(F)F. The van der Waals surface area contributed by atoms with Crippen molar-refractivity contribution in [3.63, 3.8) is 0 Å². The lowest BCUT2D eigenvalue weighted by atomic mass is 9.92. The van der Waals surface area contributed by atoms with Gasteiger partial charge in [0.25, 0.3) is 5.56 Å². The normalized spacial score (nSPS) is 10.9. The molecule has 1 aromatic carbocycles. The first-order valence-corrected chi connectivity index (χ1v) is 7.02. The van der Waals surface area contributed by atoms with Crippen molar-refractivity contribution in [3.8, 4) is 23.3 Å². The lowest BCUT2D eigenvalue weighted by Gasteiger charge is -2.17. The molecule has 1 heterocycles. The number of hydrogen-bond donors (Lipinski definition) is 2. The van der Waals surface area contributed by atoms with Gasteiger partial charge in [0.15, 0.2) is 0 Å². The molecule has 0 atom stereocenters. The smallest absolute Gasteiger partial charge is 0.384 e.